The molecule has 0 aliphatic heterocycles. The second-order valence-corrected chi connectivity index (χ2v) is 5.95. The molecule has 0 amide bonds. The van der Waals surface area contributed by atoms with Crippen LogP contribution in [0.25, 0.3) is 11.3 Å². The van der Waals surface area contributed by atoms with E-state index in [2.05, 4.69) is 24.1 Å². The fourth-order valence-corrected chi connectivity index (χ4v) is 2.11. The summed E-state index contributed by atoms with van der Waals surface area (Å²) in [5.74, 6) is 0.832. The van der Waals surface area contributed by atoms with Gasteiger partial charge < -0.3 is 15.0 Å². The topological polar surface area (TPSA) is 54.1 Å². The van der Waals surface area contributed by atoms with Crippen LogP contribution in [0.15, 0.2) is 41.2 Å². The molecule has 0 unspecified atom stereocenters. The van der Waals surface area contributed by atoms with Gasteiger partial charge in [-0.3, -0.25) is 4.79 Å². The van der Waals surface area contributed by atoms with Gasteiger partial charge in [-0.05, 0) is 49.7 Å². The van der Waals surface area contributed by atoms with E-state index in [1.54, 1.807) is 0 Å². The van der Waals surface area contributed by atoms with Crippen molar-refractivity contribution in [3.8, 4) is 17.0 Å². The van der Waals surface area contributed by atoms with Gasteiger partial charge in [0.05, 0.1) is 6.10 Å². The van der Waals surface area contributed by atoms with Crippen LogP contribution in [0.2, 0.25) is 0 Å². The molecule has 1 aromatic heterocycles. The molecule has 2 rings (SSSR count). The highest BCUT2D eigenvalue weighted by Gasteiger charge is 2.05. The van der Waals surface area contributed by atoms with Crippen LogP contribution in [0.1, 0.15) is 33.3 Å². The average Bonchev–Trinajstić information content (AvgIpc) is 2.46. The molecule has 0 aliphatic carbocycles. The van der Waals surface area contributed by atoms with Gasteiger partial charge in [0.25, 0.3) is 5.56 Å². The summed E-state index contributed by atoms with van der Waals surface area (Å²) in [6, 6.07) is 11.9. The highest BCUT2D eigenvalue weighted by molar-refractivity contribution is 5.60. The van der Waals surface area contributed by atoms with Crippen molar-refractivity contribution < 1.29 is 4.74 Å². The van der Waals surface area contributed by atoms with Crippen LogP contribution in [0.4, 0.5) is 0 Å². The highest BCUT2D eigenvalue weighted by atomic mass is 16.5. The van der Waals surface area contributed by atoms with Gasteiger partial charge in [-0.1, -0.05) is 19.9 Å². The van der Waals surface area contributed by atoms with E-state index in [9.17, 15) is 4.79 Å². The SMILES string of the molecule is CC(C)NCc1ccc(-c2ccc(OC(C)C)cc2)[nH]c1=O. The van der Waals surface area contributed by atoms with E-state index in [0.29, 0.717) is 12.6 Å². The predicted molar refractivity (Wildman–Crippen MR) is 90.2 cm³/mol. The normalized spacial score (nSPS) is 11.2. The Hall–Kier alpha value is -2.07. The van der Waals surface area contributed by atoms with Crippen LogP contribution in [0.3, 0.4) is 0 Å². The minimum atomic E-state index is -0.0480. The highest BCUT2D eigenvalue weighted by Crippen LogP contribution is 2.20. The van der Waals surface area contributed by atoms with Crippen LogP contribution in [-0.4, -0.2) is 17.1 Å². The first-order chi connectivity index (χ1) is 10.5. The van der Waals surface area contributed by atoms with E-state index in [1.165, 1.54) is 0 Å². The molecule has 0 spiro atoms. The lowest BCUT2D eigenvalue weighted by Gasteiger charge is -2.11. The van der Waals surface area contributed by atoms with Gasteiger partial charge in [0.2, 0.25) is 0 Å². The number of aromatic amines is 1. The largest absolute Gasteiger partial charge is 0.491 e. The molecule has 22 heavy (non-hydrogen) atoms. The fourth-order valence-electron chi connectivity index (χ4n) is 2.11. The zero-order valence-corrected chi connectivity index (χ0v) is 13.6. The molecule has 1 aromatic carbocycles. The number of hydrogen-bond acceptors (Lipinski definition) is 3. The molecule has 0 saturated carbocycles. The number of aromatic nitrogens is 1. The number of rotatable bonds is 6. The van der Waals surface area contributed by atoms with Crippen molar-refractivity contribution in [2.45, 2.75) is 46.4 Å². The zero-order valence-electron chi connectivity index (χ0n) is 13.6. The molecule has 2 aromatic rings. The second-order valence-electron chi connectivity index (χ2n) is 5.95. The Morgan fingerprint density at radius 1 is 1.05 bits per heavy atom. The van der Waals surface area contributed by atoms with E-state index in [0.717, 1.165) is 22.6 Å². The Bertz CT molecular complexity index is 658. The monoisotopic (exact) mass is 300 g/mol. The first kappa shape index (κ1) is 16.3. The molecule has 0 fully saturated rings. The summed E-state index contributed by atoms with van der Waals surface area (Å²) in [5.41, 5.74) is 2.48. The summed E-state index contributed by atoms with van der Waals surface area (Å²) in [5, 5.41) is 3.25. The first-order valence-electron chi connectivity index (χ1n) is 7.68. The summed E-state index contributed by atoms with van der Waals surface area (Å²) in [4.78, 5) is 15.1. The fraction of sp³-hybridized carbons (Fsp3) is 0.389. The summed E-state index contributed by atoms with van der Waals surface area (Å²) in [6.45, 7) is 8.69. The van der Waals surface area contributed by atoms with Gasteiger partial charge in [0, 0.05) is 23.8 Å². The summed E-state index contributed by atoms with van der Waals surface area (Å²) >= 11 is 0. The van der Waals surface area contributed by atoms with Crippen molar-refractivity contribution in [3.63, 3.8) is 0 Å². The zero-order chi connectivity index (χ0) is 16.1. The van der Waals surface area contributed by atoms with Gasteiger partial charge in [0.15, 0.2) is 0 Å². The van der Waals surface area contributed by atoms with Crippen molar-refractivity contribution in [1.82, 2.24) is 10.3 Å². The van der Waals surface area contributed by atoms with Crippen LogP contribution in [0, 0.1) is 0 Å². The maximum atomic E-state index is 12.1. The van der Waals surface area contributed by atoms with Gasteiger partial charge in [-0.2, -0.15) is 0 Å². The van der Waals surface area contributed by atoms with Crippen LogP contribution >= 0.6 is 0 Å². The van der Waals surface area contributed by atoms with Gasteiger partial charge in [0.1, 0.15) is 5.75 Å². The minimum absolute atomic E-state index is 0.0480. The average molecular weight is 300 g/mol. The molecule has 0 radical (unpaired) electrons. The molecule has 0 bridgehead atoms. The van der Waals surface area contributed by atoms with Crippen LogP contribution < -0.4 is 15.6 Å². The Kier molecular flexibility index (Phi) is 5.39. The molecule has 0 saturated heterocycles. The van der Waals surface area contributed by atoms with Crippen LogP contribution in [-0.2, 0) is 6.54 Å². The van der Waals surface area contributed by atoms with Gasteiger partial charge in [-0.25, -0.2) is 0 Å². The van der Waals surface area contributed by atoms with E-state index in [1.807, 2.05) is 50.2 Å². The van der Waals surface area contributed by atoms with E-state index < -0.39 is 0 Å². The third kappa shape index (κ3) is 4.46. The number of hydrogen-bond donors (Lipinski definition) is 2. The molecular weight excluding hydrogens is 276 g/mol. The van der Waals surface area contributed by atoms with Crippen molar-refractivity contribution in [3.05, 3.63) is 52.3 Å². The second kappa shape index (κ2) is 7.27. The standard InChI is InChI=1S/C18H24N2O2/c1-12(2)19-11-15-7-10-17(20-18(15)21)14-5-8-16(9-6-14)22-13(3)4/h5-10,12-13,19H,11H2,1-4H3,(H,20,21). The van der Waals surface area contributed by atoms with E-state index in [-0.39, 0.29) is 11.7 Å². The van der Waals surface area contributed by atoms with Crippen molar-refractivity contribution in [1.29, 1.82) is 0 Å². The molecule has 4 nitrogen and oxygen atoms in total. The quantitative estimate of drug-likeness (QED) is 0.860. The number of H-pyrrole nitrogens is 1. The Labute approximate surface area is 131 Å². The summed E-state index contributed by atoms with van der Waals surface area (Å²) in [6.07, 6.45) is 0.151. The molecule has 4 heteroatoms. The lowest BCUT2D eigenvalue weighted by molar-refractivity contribution is 0.242. The molecule has 1 heterocycles. The van der Waals surface area contributed by atoms with Crippen molar-refractivity contribution >= 4 is 0 Å². The van der Waals surface area contributed by atoms with E-state index in [4.69, 9.17) is 4.74 Å². The third-order valence-electron chi connectivity index (χ3n) is 3.23. The number of pyridine rings is 1. The molecule has 0 atom stereocenters. The number of ether oxygens (including phenoxy) is 1. The summed E-state index contributed by atoms with van der Waals surface area (Å²) in [7, 11) is 0. The third-order valence-corrected chi connectivity index (χ3v) is 3.23. The molecule has 0 aliphatic rings. The van der Waals surface area contributed by atoms with Crippen LogP contribution in [0.5, 0.6) is 5.75 Å². The molecule has 118 valence electrons. The maximum Gasteiger partial charge on any atom is 0.252 e. The van der Waals surface area contributed by atoms with Crippen molar-refractivity contribution in [2.75, 3.05) is 0 Å². The lowest BCUT2D eigenvalue weighted by atomic mass is 10.1. The summed E-state index contributed by atoms with van der Waals surface area (Å²) < 4.78 is 5.62. The molecule has 2 N–H and O–H groups in total. The van der Waals surface area contributed by atoms with Crippen molar-refractivity contribution in [2.24, 2.45) is 0 Å². The number of nitrogens with one attached hydrogen (secondary N) is 2. The van der Waals surface area contributed by atoms with Gasteiger partial charge in [-0.15, -0.1) is 0 Å². The maximum absolute atomic E-state index is 12.1. The Balaban J connectivity index is 2.15. The van der Waals surface area contributed by atoms with Gasteiger partial charge >= 0.3 is 0 Å². The first-order valence-corrected chi connectivity index (χ1v) is 7.68. The smallest absolute Gasteiger partial charge is 0.252 e. The van der Waals surface area contributed by atoms with E-state index >= 15 is 0 Å². The number of benzene rings is 1. The Morgan fingerprint density at radius 2 is 1.73 bits per heavy atom. The molecular formula is C18H24N2O2. The predicted octanol–water partition coefficient (Wildman–Crippen LogP) is 3.33. The minimum Gasteiger partial charge on any atom is -0.491 e. The Morgan fingerprint density at radius 3 is 2.27 bits per heavy atom. The lowest BCUT2D eigenvalue weighted by Crippen LogP contribution is -2.26.